The lowest BCUT2D eigenvalue weighted by molar-refractivity contribution is -0.118. The number of piperidine rings is 1. The number of aryl methyl sites for hydroxylation is 1. The molecule has 0 spiro atoms. The van der Waals surface area contributed by atoms with E-state index in [1.54, 1.807) is 12.1 Å². The van der Waals surface area contributed by atoms with Crippen molar-refractivity contribution in [3.05, 3.63) is 48.2 Å². The molecule has 1 fully saturated rings. The number of rotatable bonds is 8. The van der Waals surface area contributed by atoms with Gasteiger partial charge in [0.2, 0.25) is 5.95 Å². The number of hydrogen-bond donors (Lipinski definition) is 1. The number of carbonyl (C=O) groups is 1. The lowest BCUT2D eigenvalue weighted by Gasteiger charge is -2.35. The highest BCUT2D eigenvalue weighted by atomic mass is 16.5. The molecule has 2 aromatic carbocycles. The molecule has 1 saturated heterocycles. The number of nitrogens with zero attached hydrogens (tertiary/aromatic N) is 4. The van der Waals surface area contributed by atoms with Gasteiger partial charge in [-0.25, -0.2) is 9.97 Å². The second-order valence-corrected chi connectivity index (χ2v) is 9.50. The Hall–Kier alpha value is -3.39. The molecule has 1 amide bonds. The number of benzene rings is 2. The lowest BCUT2D eigenvalue weighted by Crippen LogP contribution is -2.42. The van der Waals surface area contributed by atoms with Gasteiger partial charge in [-0.05, 0) is 90.2 Å². The van der Waals surface area contributed by atoms with Crippen molar-refractivity contribution in [3.8, 4) is 11.5 Å². The SMILES string of the molecule is Cc1nc(N2CCC(N(C)C)CC2)nc2ccc(NC(=O)COc3ccc(OC(C)C)cc3)cc12. The minimum atomic E-state index is -0.231. The van der Waals surface area contributed by atoms with E-state index >= 15 is 0 Å². The molecule has 0 unspecified atom stereocenters. The van der Waals surface area contributed by atoms with E-state index in [1.807, 2.05) is 51.1 Å². The van der Waals surface area contributed by atoms with E-state index in [-0.39, 0.29) is 18.6 Å². The predicted molar refractivity (Wildman–Crippen MR) is 140 cm³/mol. The Bertz CT molecular complexity index is 1160. The summed E-state index contributed by atoms with van der Waals surface area (Å²) in [7, 11) is 4.28. The molecule has 0 atom stereocenters. The van der Waals surface area contributed by atoms with E-state index in [0.717, 1.165) is 54.2 Å². The minimum absolute atomic E-state index is 0.0836. The van der Waals surface area contributed by atoms with Gasteiger partial charge in [-0.3, -0.25) is 4.79 Å². The Balaban J connectivity index is 1.36. The molecule has 8 heteroatoms. The number of anilines is 2. The van der Waals surface area contributed by atoms with Crippen LogP contribution in [0.1, 0.15) is 32.4 Å². The third kappa shape index (κ3) is 6.39. The van der Waals surface area contributed by atoms with Gasteiger partial charge in [-0.15, -0.1) is 0 Å². The van der Waals surface area contributed by atoms with Gasteiger partial charge in [0.1, 0.15) is 11.5 Å². The zero-order chi connectivity index (χ0) is 24.9. The zero-order valence-electron chi connectivity index (χ0n) is 21.2. The molecule has 0 radical (unpaired) electrons. The van der Waals surface area contributed by atoms with Gasteiger partial charge in [-0.2, -0.15) is 0 Å². The number of carbonyl (C=O) groups excluding carboxylic acids is 1. The van der Waals surface area contributed by atoms with Gasteiger partial charge in [0.25, 0.3) is 5.91 Å². The van der Waals surface area contributed by atoms with Crippen LogP contribution in [0, 0.1) is 6.92 Å². The first-order chi connectivity index (χ1) is 16.8. The third-order valence-corrected chi connectivity index (χ3v) is 6.20. The van der Waals surface area contributed by atoms with Crippen LogP contribution in [-0.2, 0) is 4.79 Å². The maximum atomic E-state index is 12.5. The number of nitrogens with one attached hydrogen (secondary N) is 1. The summed E-state index contributed by atoms with van der Waals surface area (Å²) >= 11 is 0. The third-order valence-electron chi connectivity index (χ3n) is 6.20. The van der Waals surface area contributed by atoms with Gasteiger partial charge >= 0.3 is 0 Å². The summed E-state index contributed by atoms with van der Waals surface area (Å²) < 4.78 is 11.2. The van der Waals surface area contributed by atoms with Gasteiger partial charge in [-0.1, -0.05) is 0 Å². The van der Waals surface area contributed by atoms with Gasteiger partial charge in [0.15, 0.2) is 6.61 Å². The molecule has 2 heterocycles. The number of amides is 1. The molecule has 0 saturated carbocycles. The molecule has 3 aromatic rings. The molecule has 1 aliphatic rings. The van der Waals surface area contributed by atoms with Crippen LogP contribution in [0.4, 0.5) is 11.6 Å². The van der Waals surface area contributed by atoms with E-state index in [0.29, 0.717) is 17.5 Å². The van der Waals surface area contributed by atoms with Crippen molar-refractivity contribution < 1.29 is 14.3 Å². The molecule has 186 valence electrons. The average molecular weight is 478 g/mol. The maximum Gasteiger partial charge on any atom is 0.262 e. The lowest BCUT2D eigenvalue weighted by atomic mass is 10.0. The van der Waals surface area contributed by atoms with E-state index in [9.17, 15) is 4.79 Å². The average Bonchev–Trinajstić information content (AvgIpc) is 2.83. The second kappa shape index (κ2) is 10.9. The standard InChI is InChI=1S/C27H35N5O3/c1-18(2)35-23-9-7-22(8-10-23)34-17-26(33)29-20-6-11-25-24(16-20)19(3)28-27(30-25)32-14-12-21(13-15-32)31(4)5/h6-11,16,18,21H,12-15,17H2,1-5H3,(H,29,33). The highest BCUT2D eigenvalue weighted by molar-refractivity contribution is 5.95. The van der Waals surface area contributed by atoms with E-state index in [1.165, 1.54) is 0 Å². The molecule has 1 N–H and O–H groups in total. The van der Waals surface area contributed by atoms with E-state index < -0.39 is 0 Å². The number of ether oxygens (including phenoxy) is 2. The smallest absolute Gasteiger partial charge is 0.262 e. The molecular formula is C27H35N5O3. The molecule has 0 bridgehead atoms. The Labute approximate surface area is 207 Å². The van der Waals surface area contributed by atoms with Crippen LogP contribution in [0.3, 0.4) is 0 Å². The summed E-state index contributed by atoms with van der Waals surface area (Å²) in [6.45, 7) is 7.76. The molecule has 4 rings (SSSR count). The normalized spacial score (nSPS) is 14.5. The van der Waals surface area contributed by atoms with Crippen LogP contribution in [-0.4, -0.2) is 66.7 Å². The highest BCUT2D eigenvalue weighted by Crippen LogP contribution is 2.25. The van der Waals surface area contributed by atoms with Crippen LogP contribution >= 0.6 is 0 Å². The summed E-state index contributed by atoms with van der Waals surface area (Å²) in [6, 6.07) is 13.6. The van der Waals surface area contributed by atoms with Crippen molar-refractivity contribution in [2.24, 2.45) is 0 Å². The fraction of sp³-hybridized carbons (Fsp3) is 0.444. The van der Waals surface area contributed by atoms with Gasteiger partial charge < -0.3 is 24.6 Å². The van der Waals surface area contributed by atoms with Crippen LogP contribution in [0.15, 0.2) is 42.5 Å². The summed E-state index contributed by atoms with van der Waals surface area (Å²) in [5.41, 5.74) is 2.47. The molecule has 1 aromatic heterocycles. The first-order valence-electron chi connectivity index (χ1n) is 12.2. The first-order valence-corrected chi connectivity index (χ1v) is 12.2. The fourth-order valence-electron chi connectivity index (χ4n) is 4.30. The topological polar surface area (TPSA) is 79.8 Å². The van der Waals surface area contributed by atoms with Crippen molar-refractivity contribution in [2.75, 3.05) is 44.0 Å². The largest absolute Gasteiger partial charge is 0.491 e. The van der Waals surface area contributed by atoms with Crippen LogP contribution in [0.5, 0.6) is 11.5 Å². The van der Waals surface area contributed by atoms with Crippen molar-refractivity contribution in [1.29, 1.82) is 0 Å². The summed E-state index contributed by atoms with van der Waals surface area (Å²) in [5.74, 6) is 1.93. The quantitative estimate of drug-likeness (QED) is 0.519. The predicted octanol–water partition coefficient (Wildman–Crippen LogP) is 4.27. The van der Waals surface area contributed by atoms with Crippen LogP contribution in [0.2, 0.25) is 0 Å². The Kier molecular flexibility index (Phi) is 7.70. The van der Waals surface area contributed by atoms with Gasteiger partial charge in [0, 0.05) is 30.2 Å². The van der Waals surface area contributed by atoms with Crippen LogP contribution in [0.25, 0.3) is 10.9 Å². The van der Waals surface area contributed by atoms with Crippen molar-refractivity contribution in [1.82, 2.24) is 14.9 Å². The van der Waals surface area contributed by atoms with Crippen molar-refractivity contribution >= 4 is 28.4 Å². The molecular weight excluding hydrogens is 442 g/mol. The maximum absolute atomic E-state index is 12.5. The summed E-state index contributed by atoms with van der Waals surface area (Å²) in [4.78, 5) is 26.6. The van der Waals surface area contributed by atoms with E-state index in [2.05, 4.69) is 29.2 Å². The monoisotopic (exact) mass is 477 g/mol. The minimum Gasteiger partial charge on any atom is -0.491 e. The van der Waals surface area contributed by atoms with Crippen molar-refractivity contribution in [2.45, 2.75) is 45.8 Å². The molecule has 35 heavy (non-hydrogen) atoms. The second-order valence-electron chi connectivity index (χ2n) is 9.50. The summed E-state index contributed by atoms with van der Waals surface area (Å²) in [5, 5.41) is 3.83. The van der Waals surface area contributed by atoms with Gasteiger partial charge in [0.05, 0.1) is 17.3 Å². The molecule has 1 aliphatic heterocycles. The van der Waals surface area contributed by atoms with Crippen LogP contribution < -0.4 is 19.7 Å². The number of aromatic nitrogens is 2. The van der Waals surface area contributed by atoms with Crippen molar-refractivity contribution in [3.63, 3.8) is 0 Å². The summed E-state index contributed by atoms with van der Waals surface area (Å²) in [6.07, 6.45) is 2.32. The zero-order valence-corrected chi connectivity index (χ0v) is 21.2. The van der Waals surface area contributed by atoms with E-state index in [4.69, 9.17) is 19.4 Å². The molecule has 0 aliphatic carbocycles. The Morgan fingerprint density at radius 1 is 1.09 bits per heavy atom. The first kappa shape index (κ1) is 24.7. The number of hydrogen-bond acceptors (Lipinski definition) is 7. The Morgan fingerprint density at radius 2 is 1.77 bits per heavy atom. The molecule has 8 nitrogen and oxygen atoms in total. The fourth-order valence-corrected chi connectivity index (χ4v) is 4.30. The highest BCUT2D eigenvalue weighted by Gasteiger charge is 2.22. The number of fused-ring (bicyclic) bond motifs is 1. The Morgan fingerprint density at radius 3 is 2.43 bits per heavy atom.